The summed E-state index contributed by atoms with van der Waals surface area (Å²) >= 11 is 0. The summed E-state index contributed by atoms with van der Waals surface area (Å²) in [5.74, 6) is 0.369. The number of fused-ring (bicyclic) bond motifs is 1. The number of hydrogen-bond acceptors (Lipinski definition) is 8. The Hall–Kier alpha value is -3.26. The molecule has 9 nitrogen and oxygen atoms in total. The topological polar surface area (TPSA) is 76.2 Å². The van der Waals surface area contributed by atoms with Crippen molar-refractivity contribution in [1.29, 1.82) is 5.26 Å². The first-order valence-corrected chi connectivity index (χ1v) is 15.5. The van der Waals surface area contributed by atoms with E-state index in [0.717, 1.165) is 50.7 Å². The van der Waals surface area contributed by atoms with Crippen molar-refractivity contribution >= 4 is 16.9 Å². The van der Waals surface area contributed by atoms with Crippen LogP contribution in [-0.4, -0.2) is 103 Å². The Labute approximate surface area is 247 Å². The third kappa shape index (κ3) is 5.34. The Morgan fingerprint density at radius 1 is 1.07 bits per heavy atom. The third-order valence-electron chi connectivity index (χ3n) is 9.90. The van der Waals surface area contributed by atoms with Gasteiger partial charge < -0.3 is 19.4 Å². The van der Waals surface area contributed by atoms with Gasteiger partial charge >= 0.3 is 0 Å². The second-order valence-electron chi connectivity index (χ2n) is 13.2. The lowest BCUT2D eigenvalue weighted by Gasteiger charge is -2.46. The molecular weight excluding hydrogens is 531 g/mol. The van der Waals surface area contributed by atoms with Gasteiger partial charge in [-0.2, -0.15) is 10.4 Å². The first kappa shape index (κ1) is 27.6. The van der Waals surface area contributed by atoms with Gasteiger partial charge in [0.05, 0.1) is 36.0 Å². The molecule has 222 valence electrons. The minimum absolute atomic E-state index is 0.0120. The zero-order valence-corrected chi connectivity index (χ0v) is 24.8. The number of pyridine rings is 2. The van der Waals surface area contributed by atoms with Crippen molar-refractivity contribution in [3.8, 4) is 6.07 Å². The standard InChI is InChI=1S/C32H41FN8O/c1-23-18-40(30-6-5-26(15-34)41-31(30)29(33)17-36-41)20-28(42-23)19-38-9-11-39(12-10-38)27-4-3-25(35-16-27)13-24-7-8-32(14-24)21-37(2)22-32/h3-6,16-17,23-24,28H,7-14,18-22H2,1-2H3/t23-,24?,28+/m1/s1. The maximum Gasteiger partial charge on any atom is 0.171 e. The van der Waals surface area contributed by atoms with Crippen LogP contribution in [0, 0.1) is 28.5 Å². The predicted octanol–water partition coefficient (Wildman–Crippen LogP) is 3.43. The van der Waals surface area contributed by atoms with E-state index in [4.69, 9.17) is 9.72 Å². The van der Waals surface area contributed by atoms with E-state index in [1.165, 1.54) is 54.4 Å². The molecule has 3 aliphatic heterocycles. The summed E-state index contributed by atoms with van der Waals surface area (Å²) in [5.41, 5.74) is 4.48. The zero-order valence-electron chi connectivity index (χ0n) is 24.8. The van der Waals surface area contributed by atoms with Gasteiger partial charge in [0.1, 0.15) is 17.3 Å². The van der Waals surface area contributed by atoms with Crippen LogP contribution < -0.4 is 9.80 Å². The van der Waals surface area contributed by atoms with E-state index in [2.05, 4.69) is 63.1 Å². The minimum Gasteiger partial charge on any atom is -0.370 e. The molecule has 7 rings (SSSR count). The molecule has 0 radical (unpaired) electrons. The number of nitrogens with zero attached hydrogens (tertiary/aromatic N) is 8. The summed E-state index contributed by atoms with van der Waals surface area (Å²) in [6.45, 7) is 10.6. The maximum absolute atomic E-state index is 14.7. The fraction of sp³-hybridized carbons (Fsp3) is 0.594. The van der Waals surface area contributed by atoms with E-state index < -0.39 is 5.82 Å². The van der Waals surface area contributed by atoms with Crippen LogP contribution in [0.4, 0.5) is 15.8 Å². The van der Waals surface area contributed by atoms with E-state index in [0.29, 0.717) is 29.7 Å². The highest BCUT2D eigenvalue weighted by atomic mass is 19.1. The molecule has 4 fully saturated rings. The van der Waals surface area contributed by atoms with E-state index >= 15 is 0 Å². The number of aromatic nitrogens is 3. The molecule has 1 aliphatic carbocycles. The SMILES string of the molecule is C[C@@H]1CN(c2ccc(C#N)n3ncc(F)c23)C[C@H](CN2CCN(c3ccc(CC4CCC5(C4)CN(C)C5)nc3)CC2)O1. The van der Waals surface area contributed by atoms with Gasteiger partial charge in [0, 0.05) is 64.6 Å². The smallest absolute Gasteiger partial charge is 0.171 e. The molecule has 0 bridgehead atoms. The molecule has 1 unspecified atom stereocenters. The van der Waals surface area contributed by atoms with Crippen LogP contribution in [0.5, 0.6) is 0 Å². The molecule has 42 heavy (non-hydrogen) atoms. The molecule has 3 aromatic rings. The fourth-order valence-electron chi connectivity index (χ4n) is 8.12. The van der Waals surface area contributed by atoms with Crippen LogP contribution in [0.3, 0.4) is 0 Å². The Balaban J connectivity index is 0.925. The number of morpholine rings is 1. The van der Waals surface area contributed by atoms with Gasteiger partial charge in [-0.05, 0) is 75.3 Å². The first-order chi connectivity index (χ1) is 20.4. The van der Waals surface area contributed by atoms with Crippen molar-refractivity contribution in [2.24, 2.45) is 11.3 Å². The summed E-state index contributed by atoms with van der Waals surface area (Å²) < 4.78 is 22.5. The first-order valence-electron chi connectivity index (χ1n) is 15.5. The van der Waals surface area contributed by atoms with Gasteiger partial charge in [0.15, 0.2) is 5.82 Å². The molecule has 1 spiro atoms. The Morgan fingerprint density at radius 2 is 1.90 bits per heavy atom. The average molecular weight is 573 g/mol. The second-order valence-corrected chi connectivity index (χ2v) is 13.2. The van der Waals surface area contributed by atoms with E-state index in [1.807, 2.05) is 6.07 Å². The number of rotatable bonds is 6. The molecule has 0 N–H and O–H groups in total. The normalized spacial score (nSPS) is 26.6. The number of piperazine rings is 1. The van der Waals surface area contributed by atoms with Crippen molar-refractivity contribution in [1.82, 2.24) is 24.4 Å². The summed E-state index contributed by atoms with van der Waals surface area (Å²) in [6.07, 6.45) is 8.49. The Kier molecular flexibility index (Phi) is 7.29. The van der Waals surface area contributed by atoms with Crippen LogP contribution >= 0.6 is 0 Å². The molecule has 0 amide bonds. The van der Waals surface area contributed by atoms with Gasteiger partial charge in [0.2, 0.25) is 0 Å². The van der Waals surface area contributed by atoms with Crippen molar-refractivity contribution in [3.05, 3.63) is 53.9 Å². The highest BCUT2D eigenvalue weighted by Gasteiger charge is 2.46. The van der Waals surface area contributed by atoms with Gasteiger partial charge in [-0.1, -0.05) is 0 Å². The minimum atomic E-state index is -0.412. The van der Waals surface area contributed by atoms with Gasteiger partial charge in [-0.3, -0.25) is 9.88 Å². The van der Waals surface area contributed by atoms with E-state index in [9.17, 15) is 9.65 Å². The number of anilines is 2. The van der Waals surface area contributed by atoms with Crippen LogP contribution in [-0.2, 0) is 11.2 Å². The zero-order chi connectivity index (χ0) is 28.8. The molecule has 0 aromatic carbocycles. The summed E-state index contributed by atoms with van der Waals surface area (Å²) in [4.78, 5) is 14.4. The van der Waals surface area contributed by atoms with Gasteiger partial charge in [-0.15, -0.1) is 0 Å². The monoisotopic (exact) mass is 572 g/mol. The lowest BCUT2D eigenvalue weighted by atomic mass is 9.77. The lowest BCUT2D eigenvalue weighted by molar-refractivity contribution is -0.0327. The van der Waals surface area contributed by atoms with Crippen molar-refractivity contribution in [2.75, 3.05) is 75.8 Å². The quantitative estimate of drug-likeness (QED) is 0.445. The van der Waals surface area contributed by atoms with Crippen LogP contribution in [0.1, 0.15) is 37.6 Å². The predicted molar refractivity (Wildman–Crippen MR) is 160 cm³/mol. The molecule has 1 saturated carbocycles. The van der Waals surface area contributed by atoms with Crippen LogP contribution in [0.25, 0.3) is 5.52 Å². The molecule has 3 saturated heterocycles. The number of likely N-dealkylation sites (tertiary alicyclic amines) is 1. The maximum atomic E-state index is 14.7. The molecule has 6 heterocycles. The van der Waals surface area contributed by atoms with Gasteiger partial charge in [0.25, 0.3) is 0 Å². The van der Waals surface area contributed by atoms with Crippen LogP contribution in [0.15, 0.2) is 36.7 Å². The van der Waals surface area contributed by atoms with Crippen molar-refractivity contribution < 1.29 is 9.13 Å². The molecular formula is C32H41FN8O. The molecule has 3 atom stereocenters. The summed E-state index contributed by atoms with van der Waals surface area (Å²) in [7, 11) is 2.23. The van der Waals surface area contributed by atoms with Crippen LogP contribution in [0.2, 0.25) is 0 Å². The Bertz CT molecular complexity index is 1450. The van der Waals surface area contributed by atoms with Crippen molar-refractivity contribution in [3.63, 3.8) is 0 Å². The summed E-state index contributed by atoms with van der Waals surface area (Å²) in [5, 5.41) is 13.5. The average Bonchev–Trinajstić information content (AvgIpc) is 3.57. The Morgan fingerprint density at radius 3 is 2.64 bits per heavy atom. The number of nitriles is 1. The number of halogens is 1. The third-order valence-corrected chi connectivity index (χ3v) is 9.90. The fourth-order valence-corrected chi connectivity index (χ4v) is 8.12. The van der Waals surface area contributed by atoms with Gasteiger partial charge in [-0.25, -0.2) is 8.91 Å². The largest absolute Gasteiger partial charge is 0.370 e. The lowest BCUT2D eigenvalue weighted by Crippen LogP contribution is -2.54. The van der Waals surface area contributed by atoms with E-state index in [-0.39, 0.29) is 12.2 Å². The second kappa shape index (κ2) is 11.1. The number of ether oxygens (including phenoxy) is 1. The molecule has 4 aliphatic rings. The molecule has 3 aromatic heterocycles. The summed E-state index contributed by atoms with van der Waals surface area (Å²) in [6, 6.07) is 10.2. The van der Waals surface area contributed by atoms with Crippen molar-refractivity contribution in [2.45, 2.75) is 44.8 Å². The number of hydrogen-bond donors (Lipinski definition) is 0. The van der Waals surface area contributed by atoms with E-state index in [1.54, 1.807) is 6.07 Å². The highest BCUT2D eigenvalue weighted by Crippen LogP contribution is 2.48. The highest BCUT2D eigenvalue weighted by molar-refractivity contribution is 5.74. The molecule has 10 heteroatoms.